The predicted molar refractivity (Wildman–Crippen MR) is 65.7 cm³/mol. The highest BCUT2D eigenvalue weighted by Gasteiger charge is 2.03. The van der Waals surface area contributed by atoms with Crippen LogP contribution < -0.4 is 0 Å². The second-order valence-electron chi connectivity index (χ2n) is 3.16. The van der Waals surface area contributed by atoms with Crippen LogP contribution in [0.3, 0.4) is 0 Å². The zero-order valence-corrected chi connectivity index (χ0v) is 9.75. The van der Waals surface area contributed by atoms with Gasteiger partial charge in [-0.15, -0.1) is 0 Å². The van der Waals surface area contributed by atoms with Gasteiger partial charge in [0.1, 0.15) is 0 Å². The van der Waals surface area contributed by atoms with Gasteiger partial charge >= 0.3 is 5.97 Å². The first-order valence-corrected chi connectivity index (χ1v) is 5.22. The molecule has 0 aliphatic carbocycles. The quantitative estimate of drug-likeness (QED) is 0.269. The third-order valence-corrected chi connectivity index (χ3v) is 1.86. The van der Waals surface area contributed by atoms with Gasteiger partial charge in [0.15, 0.2) is 0 Å². The summed E-state index contributed by atoms with van der Waals surface area (Å²) in [5, 5.41) is 10.5. The molecule has 5 heteroatoms. The average molecular weight is 245 g/mol. The summed E-state index contributed by atoms with van der Waals surface area (Å²) in [7, 11) is 0. The number of rotatable bonds is 3. The Labute approximate surface area is 104 Å². The van der Waals surface area contributed by atoms with Crippen LogP contribution in [0.2, 0.25) is 0 Å². The molecule has 1 aromatic carbocycles. The monoisotopic (exact) mass is 245 g/mol. The molecule has 0 unspecified atom stereocenters. The Bertz CT molecular complexity index is 537. The van der Waals surface area contributed by atoms with Gasteiger partial charge in [-0.3, -0.25) is 10.1 Å². The van der Waals surface area contributed by atoms with E-state index in [1.54, 1.807) is 19.1 Å². The highest BCUT2D eigenvalue weighted by atomic mass is 16.6. The molecular formula is C13H11NO4. The van der Waals surface area contributed by atoms with Gasteiger partial charge in [0.05, 0.1) is 11.5 Å². The number of esters is 1. The van der Waals surface area contributed by atoms with E-state index < -0.39 is 10.9 Å². The summed E-state index contributed by atoms with van der Waals surface area (Å²) in [6.45, 7) is 2.02. The molecule has 0 fully saturated rings. The van der Waals surface area contributed by atoms with Crippen LogP contribution in [0.15, 0.2) is 36.4 Å². The maximum Gasteiger partial charge on any atom is 0.331 e. The molecule has 0 saturated heterocycles. The minimum Gasteiger partial charge on any atom is -0.463 e. The lowest BCUT2D eigenvalue weighted by Gasteiger charge is -1.92. The van der Waals surface area contributed by atoms with E-state index in [1.807, 2.05) is 0 Å². The van der Waals surface area contributed by atoms with Crippen molar-refractivity contribution in [3.05, 3.63) is 52.1 Å². The molecule has 0 aromatic heterocycles. The SMILES string of the molecule is CCOC(=O)/C=C\C#Cc1cccc([N+](=O)[O-])c1. The summed E-state index contributed by atoms with van der Waals surface area (Å²) in [6, 6.07) is 5.96. The minimum absolute atomic E-state index is 0.0174. The van der Waals surface area contributed by atoms with Crippen LogP contribution in [-0.2, 0) is 9.53 Å². The van der Waals surface area contributed by atoms with Crippen LogP contribution in [0.5, 0.6) is 0 Å². The summed E-state index contributed by atoms with van der Waals surface area (Å²) in [5.41, 5.74) is 0.494. The van der Waals surface area contributed by atoms with Crippen molar-refractivity contribution in [2.45, 2.75) is 6.92 Å². The van der Waals surface area contributed by atoms with Crippen molar-refractivity contribution >= 4 is 11.7 Å². The van der Waals surface area contributed by atoms with E-state index in [4.69, 9.17) is 0 Å². The van der Waals surface area contributed by atoms with Crippen LogP contribution in [0.25, 0.3) is 0 Å². The summed E-state index contributed by atoms with van der Waals surface area (Å²) in [6.07, 6.45) is 2.55. The number of nitro benzene ring substituents is 1. The topological polar surface area (TPSA) is 69.4 Å². The fourth-order valence-electron chi connectivity index (χ4n) is 1.12. The number of ether oxygens (including phenoxy) is 1. The number of carbonyl (C=O) groups is 1. The first kappa shape index (κ1) is 13.5. The van der Waals surface area contributed by atoms with Crippen LogP contribution >= 0.6 is 0 Å². The fourth-order valence-corrected chi connectivity index (χ4v) is 1.12. The molecule has 0 N–H and O–H groups in total. The third kappa shape index (κ3) is 4.49. The van der Waals surface area contributed by atoms with E-state index in [1.165, 1.54) is 24.3 Å². The lowest BCUT2D eigenvalue weighted by molar-refractivity contribution is -0.384. The van der Waals surface area contributed by atoms with Crippen molar-refractivity contribution in [1.29, 1.82) is 0 Å². The molecule has 0 aliphatic rings. The Morgan fingerprint density at radius 3 is 3.00 bits per heavy atom. The van der Waals surface area contributed by atoms with E-state index >= 15 is 0 Å². The first-order valence-electron chi connectivity index (χ1n) is 5.22. The predicted octanol–water partition coefficient (Wildman–Crippen LogP) is 2.07. The largest absolute Gasteiger partial charge is 0.463 e. The number of hydrogen-bond donors (Lipinski definition) is 0. The minimum atomic E-state index is -0.486. The Morgan fingerprint density at radius 1 is 1.56 bits per heavy atom. The average Bonchev–Trinajstić information content (AvgIpc) is 2.35. The van der Waals surface area contributed by atoms with Crippen molar-refractivity contribution < 1.29 is 14.5 Å². The number of hydrogen-bond acceptors (Lipinski definition) is 4. The number of carbonyl (C=O) groups excluding carboxylic acids is 1. The highest BCUT2D eigenvalue weighted by molar-refractivity contribution is 5.82. The van der Waals surface area contributed by atoms with E-state index in [9.17, 15) is 14.9 Å². The molecule has 0 saturated carbocycles. The zero-order valence-electron chi connectivity index (χ0n) is 9.75. The van der Waals surface area contributed by atoms with Crippen molar-refractivity contribution in [2.75, 3.05) is 6.61 Å². The lowest BCUT2D eigenvalue weighted by Crippen LogP contribution is -1.98. The lowest BCUT2D eigenvalue weighted by atomic mass is 10.2. The molecule has 5 nitrogen and oxygen atoms in total. The van der Waals surface area contributed by atoms with Crippen LogP contribution in [0.4, 0.5) is 5.69 Å². The number of nitro groups is 1. The number of allylic oxidation sites excluding steroid dienone is 1. The molecule has 0 bridgehead atoms. The first-order chi connectivity index (χ1) is 8.63. The van der Waals surface area contributed by atoms with Gasteiger partial charge in [-0.25, -0.2) is 4.79 Å². The maximum atomic E-state index is 10.9. The van der Waals surface area contributed by atoms with E-state index in [-0.39, 0.29) is 5.69 Å². The van der Waals surface area contributed by atoms with E-state index in [2.05, 4.69) is 16.6 Å². The molecule has 0 heterocycles. The maximum absolute atomic E-state index is 10.9. The van der Waals surface area contributed by atoms with Crippen molar-refractivity contribution in [3.63, 3.8) is 0 Å². The molecule has 1 rings (SSSR count). The standard InChI is InChI=1S/C13H11NO4/c1-2-18-13(15)9-4-3-6-11-7-5-8-12(10-11)14(16)17/h4-5,7-10H,2H2,1H3/b9-4-. The molecule has 0 aliphatic heterocycles. The Morgan fingerprint density at radius 2 is 2.33 bits per heavy atom. The number of benzene rings is 1. The second kappa shape index (κ2) is 6.86. The summed E-state index contributed by atoms with van der Waals surface area (Å²) >= 11 is 0. The van der Waals surface area contributed by atoms with Crippen molar-refractivity contribution in [1.82, 2.24) is 0 Å². The normalized spacial score (nSPS) is 9.61. The molecule has 18 heavy (non-hydrogen) atoms. The number of non-ortho nitro benzene ring substituents is 1. The Kier molecular flexibility index (Phi) is 5.13. The molecule has 92 valence electrons. The highest BCUT2D eigenvalue weighted by Crippen LogP contribution is 2.11. The molecule has 0 amide bonds. The van der Waals surface area contributed by atoms with Gasteiger partial charge in [0.2, 0.25) is 0 Å². The third-order valence-electron chi connectivity index (χ3n) is 1.86. The molecule has 0 spiro atoms. The van der Waals surface area contributed by atoms with Gasteiger partial charge in [0.25, 0.3) is 5.69 Å². The van der Waals surface area contributed by atoms with Crippen molar-refractivity contribution in [2.24, 2.45) is 0 Å². The van der Waals surface area contributed by atoms with Gasteiger partial charge in [-0.05, 0) is 19.1 Å². The van der Waals surface area contributed by atoms with Gasteiger partial charge in [0, 0.05) is 23.8 Å². The van der Waals surface area contributed by atoms with Gasteiger partial charge in [-0.1, -0.05) is 17.9 Å². The van der Waals surface area contributed by atoms with E-state index in [0.29, 0.717) is 12.2 Å². The fraction of sp³-hybridized carbons (Fsp3) is 0.154. The van der Waals surface area contributed by atoms with Crippen LogP contribution in [-0.4, -0.2) is 17.5 Å². The zero-order chi connectivity index (χ0) is 13.4. The van der Waals surface area contributed by atoms with Gasteiger partial charge in [-0.2, -0.15) is 0 Å². The summed E-state index contributed by atoms with van der Waals surface area (Å²) in [4.78, 5) is 21.0. The van der Waals surface area contributed by atoms with Crippen molar-refractivity contribution in [3.8, 4) is 11.8 Å². The summed E-state index contributed by atoms with van der Waals surface area (Å²) < 4.78 is 4.66. The van der Waals surface area contributed by atoms with Crippen LogP contribution in [0, 0.1) is 22.0 Å². The number of nitrogens with zero attached hydrogens (tertiary/aromatic N) is 1. The van der Waals surface area contributed by atoms with Gasteiger partial charge < -0.3 is 4.74 Å². The molecule has 0 radical (unpaired) electrons. The summed E-state index contributed by atoms with van der Waals surface area (Å²) in [5.74, 6) is 4.82. The Hall–Kier alpha value is -2.61. The Balaban J connectivity index is 2.71. The molecule has 1 aromatic rings. The molecular weight excluding hydrogens is 234 g/mol. The van der Waals surface area contributed by atoms with Crippen LogP contribution in [0.1, 0.15) is 12.5 Å². The second-order valence-corrected chi connectivity index (χ2v) is 3.16. The molecule has 0 atom stereocenters. The van der Waals surface area contributed by atoms with E-state index in [0.717, 1.165) is 0 Å². The smallest absolute Gasteiger partial charge is 0.331 e.